The summed E-state index contributed by atoms with van der Waals surface area (Å²) in [5, 5.41) is 0. The normalized spacial score (nSPS) is 23.6. The molecule has 2 unspecified atom stereocenters. The second kappa shape index (κ2) is 6.27. The van der Waals surface area contributed by atoms with Gasteiger partial charge in [-0.25, -0.2) is 8.78 Å². The Balaban J connectivity index is 2.10. The fourth-order valence-corrected chi connectivity index (χ4v) is 3.04. The zero-order valence-electron chi connectivity index (χ0n) is 11.3. The summed E-state index contributed by atoms with van der Waals surface area (Å²) in [6.07, 6.45) is 4.68. The lowest BCUT2D eigenvalue weighted by Gasteiger charge is -2.28. The lowest BCUT2D eigenvalue weighted by molar-refractivity contribution is -0.125. The highest BCUT2D eigenvalue weighted by Crippen LogP contribution is 2.32. The van der Waals surface area contributed by atoms with Gasteiger partial charge in [-0.05, 0) is 37.3 Å². The molecule has 1 aromatic rings. The lowest BCUT2D eigenvalue weighted by atomic mass is 9.76. The van der Waals surface area contributed by atoms with Crippen LogP contribution in [0.1, 0.15) is 44.6 Å². The Morgan fingerprint density at radius 3 is 2.58 bits per heavy atom. The van der Waals surface area contributed by atoms with Crippen molar-refractivity contribution in [2.24, 2.45) is 11.8 Å². The van der Waals surface area contributed by atoms with Gasteiger partial charge in [-0.1, -0.05) is 25.8 Å². The number of carbonyl (C=O) groups excluding carboxylic acids is 1. The molecule has 0 saturated heterocycles. The highest BCUT2D eigenvalue weighted by Gasteiger charge is 2.29. The monoisotopic (exact) mass is 266 g/mol. The molecule has 1 fully saturated rings. The van der Waals surface area contributed by atoms with Gasteiger partial charge < -0.3 is 0 Å². The Morgan fingerprint density at radius 2 is 1.95 bits per heavy atom. The fraction of sp³-hybridized carbons (Fsp3) is 0.562. The van der Waals surface area contributed by atoms with Gasteiger partial charge in [0.25, 0.3) is 0 Å². The van der Waals surface area contributed by atoms with E-state index < -0.39 is 11.6 Å². The van der Waals surface area contributed by atoms with Gasteiger partial charge in [0.1, 0.15) is 17.4 Å². The van der Waals surface area contributed by atoms with E-state index in [9.17, 15) is 13.6 Å². The van der Waals surface area contributed by atoms with Gasteiger partial charge in [0.15, 0.2) is 0 Å². The van der Waals surface area contributed by atoms with E-state index in [-0.39, 0.29) is 23.7 Å². The quantitative estimate of drug-likeness (QED) is 0.794. The number of hydrogen-bond donors (Lipinski definition) is 0. The fourth-order valence-electron chi connectivity index (χ4n) is 3.04. The highest BCUT2D eigenvalue weighted by atomic mass is 19.1. The third kappa shape index (κ3) is 3.40. The Hall–Kier alpha value is -1.25. The van der Waals surface area contributed by atoms with Crippen molar-refractivity contribution in [2.45, 2.75) is 45.4 Å². The lowest BCUT2D eigenvalue weighted by Crippen LogP contribution is -2.27. The van der Waals surface area contributed by atoms with Crippen LogP contribution in [0, 0.1) is 23.5 Å². The molecular weight excluding hydrogens is 246 g/mol. The van der Waals surface area contributed by atoms with Crippen molar-refractivity contribution in [3.8, 4) is 0 Å². The average Bonchev–Trinajstić information content (AvgIpc) is 2.38. The number of Topliss-reactive ketones (excluding diaryl/α,β-unsaturated/α-hetero) is 1. The summed E-state index contributed by atoms with van der Waals surface area (Å²) < 4.78 is 27.3. The van der Waals surface area contributed by atoms with Gasteiger partial charge in [0, 0.05) is 17.9 Å². The number of hydrogen-bond acceptors (Lipinski definition) is 1. The second-order valence-electron chi connectivity index (χ2n) is 5.50. The SMILES string of the molecule is CCCC1CCC(=O)C(Cc2c(F)cccc2F)C1. The van der Waals surface area contributed by atoms with Gasteiger partial charge in [-0.2, -0.15) is 0 Å². The van der Waals surface area contributed by atoms with Gasteiger partial charge in [0.05, 0.1) is 0 Å². The molecule has 1 saturated carbocycles. The molecule has 0 spiro atoms. The maximum atomic E-state index is 13.6. The molecule has 1 aromatic carbocycles. The molecule has 1 aliphatic carbocycles. The zero-order chi connectivity index (χ0) is 13.8. The smallest absolute Gasteiger partial charge is 0.136 e. The van der Waals surface area contributed by atoms with Crippen molar-refractivity contribution in [3.05, 3.63) is 35.4 Å². The largest absolute Gasteiger partial charge is 0.299 e. The van der Waals surface area contributed by atoms with Crippen LogP contribution in [0.2, 0.25) is 0 Å². The maximum Gasteiger partial charge on any atom is 0.136 e. The van der Waals surface area contributed by atoms with E-state index in [1.54, 1.807) is 0 Å². The first kappa shape index (κ1) is 14.2. The minimum Gasteiger partial charge on any atom is -0.299 e. The third-order valence-corrected chi connectivity index (χ3v) is 4.08. The molecule has 0 heterocycles. The Labute approximate surface area is 113 Å². The summed E-state index contributed by atoms with van der Waals surface area (Å²) in [5.74, 6) is -0.593. The first-order chi connectivity index (χ1) is 9.11. The number of halogens is 2. The van der Waals surface area contributed by atoms with E-state index in [0.29, 0.717) is 12.3 Å². The molecule has 0 radical (unpaired) electrons. The summed E-state index contributed by atoms with van der Waals surface area (Å²) >= 11 is 0. The van der Waals surface area contributed by atoms with Gasteiger partial charge in [-0.3, -0.25) is 4.79 Å². The maximum absolute atomic E-state index is 13.6. The van der Waals surface area contributed by atoms with Crippen LogP contribution in [0.25, 0.3) is 0 Å². The number of ketones is 1. The molecule has 104 valence electrons. The molecule has 19 heavy (non-hydrogen) atoms. The summed E-state index contributed by atoms with van der Waals surface area (Å²) in [7, 11) is 0. The zero-order valence-corrected chi connectivity index (χ0v) is 11.3. The molecule has 3 heteroatoms. The van der Waals surface area contributed by atoms with Crippen LogP contribution in [-0.4, -0.2) is 5.78 Å². The van der Waals surface area contributed by atoms with Crippen molar-refractivity contribution >= 4 is 5.78 Å². The Morgan fingerprint density at radius 1 is 1.26 bits per heavy atom. The van der Waals surface area contributed by atoms with Crippen molar-refractivity contribution in [1.82, 2.24) is 0 Å². The number of carbonyl (C=O) groups is 1. The van der Waals surface area contributed by atoms with Crippen molar-refractivity contribution in [1.29, 1.82) is 0 Å². The van der Waals surface area contributed by atoms with E-state index in [1.807, 2.05) is 0 Å². The van der Waals surface area contributed by atoms with Crippen LogP contribution in [0.4, 0.5) is 8.78 Å². The number of rotatable bonds is 4. The first-order valence-electron chi connectivity index (χ1n) is 7.07. The first-order valence-corrected chi connectivity index (χ1v) is 7.07. The predicted octanol–water partition coefficient (Wildman–Crippen LogP) is 4.29. The van der Waals surface area contributed by atoms with Crippen LogP contribution in [0.5, 0.6) is 0 Å². The van der Waals surface area contributed by atoms with Crippen LogP contribution in [0.15, 0.2) is 18.2 Å². The minimum absolute atomic E-state index is 0.0676. The molecule has 0 aromatic heterocycles. The summed E-state index contributed by atoms with van der Waals surface area (Å²) in [6.45, 7) is 2.13. The van der Waals surface area contributed by atoms with Crippen molar-refractivity contribution in [3.63, 3.8) is 0 Å². The molecule has 0 amide bonds. The van der Waals surface area contributed by atoms with E-state index in [0.717, 1.165) is 25.7 Å². The molecule has 2 atom stereocenters. The molecular formula is C16H20F2O. The summed E-state index contributed by atoms with van der Waals surface area (Å²) in [5.41, 5.74) is 0.0676. The van der Waals surface area contributed by atoms with Gasteiger partial charge in [0.2, 0.25) is 0 Å². The Bertz CT molecular complexity index is 436. The van der Waals surface area contributed by atoms with E-state index >= 15 is 0 Å². The van der Waals surface area contributed by atoms with Gasteiger partial charge in [-0.15, -0.1) is 0 Å². The van der Waals surface area contributed by atoms with E-state index in [1.165, 1.54) is 18.2 Å². The molecule has 1 nitrogen and oxygen atoms in total. The number of benzene rings is 1. The third-order valence-electron chi connectivity index (χ3n) is 4.08. The average molecular weight is 266 g/mol. The van der Waals surface area contributed by atoms with Crippen LogP contribution in [0.3, 0.4) is 0 Å². The van der Waals surface area contributed by atoms with Crippen molar-refractivity contribution in [2.75, 3.05) is 0 Å². The van der Waals surface area contributed by atoms with Gasteiger partial charge >= 0.3 is 0 Å². The van der Waals surface area contributed by atoms with Crippen molar-refractivity contribution < 1.29 is 13.6 Å². The van der Waals surface area contributed by atoms with E-state index in [2.05, 4.69) is 6.92 Å². The molecule has 0 aliphatic heterocycles. The topological polar surface area (TPSA) is 17.1 Å². The standard InChI is InChI=1S/C16H20F2O/c1-2-4-11-7-8-16(19)12(9-11)10-13-14(17)5-3-6-15(13)18/h3,5-6,11-12H,2,4,7-10H2,1H3. The van der Waals surface area contributed by atoms with Crippen LogP contribution in [-0.2, 0) is 11.2 Å². The molecule has 2 rings (SSSR count). The molecule has 0 bridgehead atoms. The predicted molar refractivity (Wildman–Crippen MR) is 70.8 cm³/mol. The van der Waals surface area contributed by atoms with Crippen LogP contribution >= 0.6 is 0 Å². The Kier molecular flexibility index (Phi) is 4.67. The molecule has 1 aliphatic rings. The molecule has 0 N–H and O–H groups in total. The van der Waals surface area contributed by atoms with Crippen LogP contribution < -0.4 is 0 Å². The second-order valence-corrected chi connectivity index (χ2v) is 5.50. The highest BCUT2D eigenvalue weighted by molar-refractivity contribution is 5.82. The van der Waals surface area contributed by atoms with E-state index in [4.69, 9.17) is 0 Å². The minimum atomic E-state index is -0.537. The summed E-state index contributed by atoms with van der Waals surface area (Å²) in [6, 6.07) is 3.88. The summed E-state index contributed by atoms with van der Waals surface area (Å²) in [4.78, 5) is 11.9.